The van der Waals surface area contributed by atoms with Gasteiger partial charge in [-0.3, -0.25) is 4.90 Å². The van der Waals surface area contributed by atoms with Gasteiger partial charge in [-0.1, -0.05) is 53.1 Å². The Morgan fingerprint density at radius 2 is 1.58 bits per heavy atom. The molecule has 2 unspecified atom stereocenters. The minimum Gasteiger partial charge on any atom is -0.465 e. The maximum absolute atomic E-state index is 13.8. The highest BCUT2D eigenvalue weighted by molar-refractivity contribution is 5.90. The smallest absolute Gasteiger partial charge is 0.416 e. The Morgan fingerprint density at radius 1 is 0.933 bits per heavy atom. The van der Waals surface area contributed by atoms with E-state index in [-0.39, 0.29) is 17.6 Å². The average molecular weight is 633 g/mol. The Hall–Kier alpha value is -4.62. The lowest BCUT2D eigenvalue weighted by Crippen LogP contribution is -2.41. The molecule has 0 spiro atoms. The maximum atomic E-state index is 13.8. The van der Waals surface area contributed by atoms with Gasteiger partial charge in [-0.05, 0) is 78.8 Å². The lowest BCUT2D eigenvalue weighted by molar-refractivity contribution is -0.143. The molecule has 5 rings (SSSR count). The highest BCUT2D eigenvalue weighted by Gasteiger charge is 2.40. The van der Waals surface area contributed by atoms with Gasteiger partial charge in [0.15, 0.2) is 0 Å². The van der Waals surface area contributed by atoms with Gasteiger partial charge in [0.2, 0.25) is 0 Å². The van der Waals surface area contributed by atoms with Gasteiger partial charge in [-0.15, -0.1) is 5.10 Å². The van der Waals surface area contributed by atoms with Gasteiger partial charge in [0.25, 0.3) is 5.95 Å². The molecule has 1 N–H and O–H groups in total. The molecule has 2 atom stereocenters. The molecule has 0 saturated carbocycles. The molecule has 4 aromatic rings. The van der Waals surface area contributed by atoms with E-state index in [0.29, 0.717) is 48.2 Å². The minimum absolute atomic E-state index is 0.0260. The first-order valence-electron chi connectivity index (χ1n) is 14.1. The first-order chi connectivity index (χ1) is 21.1. The zero-order valence-electron chi connectivity index (χ0n) is 24.6. The van der Waals surface area contributed by atoms with Crippen molar-refractivity contribution < 1.29 is 36.2 Å². The number of aryl methyl sites for hydroxylation is 3. The Kier molecular flexibility index (Phi) is 8.51. The third-order valence-corrected chi connectivity index (χ3v) is 7.86. The number of fused-ring (bicyclic) bond motifs is 1. The Balaban J connectivity index is 1.67. The molecule has 0 fully saturated rings. The molecular formula is C31H30F6N6O2. The standard InChI is InChI=1S/C31H30F6N6O2/c1-18-11-19(2)27-25(12-18)26(10-9-24(43(27)29(44)45)15-20-7-5-4-6-8-20)42(28-38-40-41(3)39-28)17-21-13-22(30(32,33)34)16-23(14-21)31(35,36)37/h4-8,11-14,16,24,26H,9-10,15,17H2,1-3H3,(H,44,45). The quantitative estimate of drug-likeness (QED) is 0.222. The first kappa shape index (κ1) is 31.8. The first-order valence-corrected chi connectivity index (χ1v) is 14.1. The van der Waals surface area contributed by atoms with Crippen LogP contribution in [0.4, 0.5) is 42.8 Å². The second-order valence-electron chi connectivity index (χ2n) is 11.2. The fourth-order valence-electron chi connectivity index (χ4n) is 6.07. The van der Waals surface area contributed by atoms with Gasteiger partial charge in [0.05, 0.1) is 29.9 Å². The predicted molar refractivity (Wildman–Crippen MR) is 154 cm³/mol. The number of alkyl halides is 6. The summed E-state index contributed by atoms with van der Waals surface area (Å²) >= 11 is 0. The molecular weight excluding hydrogens is 602 g/mol. The molecule has 3 aromatic carbocycles. The molecule has 238 valence electrons. The summed E-state index contributed by atoms with van der Waals surface area (Å²) in [7, 11) is 1.48. The molecule has 14 heteroatoms. The summed E-state index contributed by atoms with van der Waals surface area (Å²) in [6.45, 7) is 3.17. The number of aromatic nitrogens is 4. The van der Waals surface area contributed by atoms with Gasteiger partial charge < -0.3 is 10.0 Å². The molecule has 2 heterocycles. The number of nitrogens with zero attached hydrogens (tertiary/aromatic N) is 6. The number of rotatable bonds is 6. The molecule has 1 aliphatic heterocycles. The van der Waals surface area contributed by atoms with Crippen molar-refractivity contribution >= 4 is 17.7 Å². The summed E-state index contributed by atoms with van der Waals surface area (Å²) in [5.74, 6) is -0.0260. The molecule has 1 aliphatic rings. The van der Waals surface area contributed by atoms with Crippen LogP contribution in [0.3, 0.4) is 0 Å². The zero-order chi connectivity index (χ0) is 32.7. The van der Waals surface area contributed by atoms with E-state index in [0.717, 1.165) is 15.9 Å². The second kappa shape index (κ2) is 12.1. The van der Waals surface area contributed by atoms with E-state index >= 15 is 0 Å². The molecule has 0 bridgehead atoms. The minimum atomic E-state index is -5.03. The summed E-state index contributed by atoms with van der Waals surface area (Å²) in [6, 6.07) is 13.2. The van der Waals surface area contributed by atoms with Crippen molar-refractivity contribution in [3.63, 3.8) is 0 Å². The van der Waals surface area contributed by atoms with Crippen molar-refractivity contribution in [3.8, 4) is 0 Å². The van der Waals surface area contributed by atoms with Crippen molar-refractivity contribution in [2.75, 3.05) is 9.80 Å². The van der Waals surface area contributed by atoms with Crippen LogP contribution in [0, 0.1) is 13.8 Å². The molecule has 0 aliphatic carbocycles. The van der Waals surface area contributed by atoms with Crippen molar-refractivity contribution in [2.24, 2.45) is 7.05 Å². The van der Waals surface area contributed by atoms with Crippen molar-refractivity contribution in [1.29, 1.82) is 0 Å². The lowest BCUT2D eigenvalue weighted by atomic mass is 9.94. The van der Waals surface area contributed by atoms with E-state index in [4.69, 9.17) is 0 Å². The van der Waals surface area contributed by atoms with E-state index in [9.17, 15) is 36.2 Å². The van der Waals surface area contributed by atoms with Gasteiger partial charge in [-0.2, -0.15) is 31.1 Å². The Labute approximate surface area is 254 Å². The van der Waals surface area contributed by atoms with E-state index in [1.165, 1.54) is 16.8 Å². The number of tetrazole rings is 1. The molecule has 0 radical (unpaired) electrons. The monoisotopic (exact) mass is 632 g/mol. The van der Waals surface area contributed by atoms with Crippen molar-refractivity contribution in [2.45, 2.75) is 64.1 Å². The van der Waals surface area contributed by atoms with Crippen molar-refractivity contribution in [3.05, 3.63) is 99.6 Å². The number of amides is 1. The number of anilines is 2. The van der Waals surface area contributed by atoms with Crippen LogP contribution in [-0.2, 0) is 32.4 Å². The van der Waals surface area contributed by atoms with Gasteiger partial charge in [0.1, 0.15) is 0 Å². The molecule has 1 amide bonds. The van der Waals surface area contributed by atoms with Crippen LogP contribution >= 0.6 is 0 Å². The largest absolute Gasteiger partial charge is 0.465 e. The van der Waals surface area contributed by atoms with Crippen LogP contribution in [0.15, 0.2) is 60.7 Å². The molecule has 1 aromatic heterocycles. The number of carbonyl (C=O) groups is 1. The molecule has 0 saturated heterocycles. The molecule has 8 nitrogen and oxygen atoms in total. The number of benzene rings is 3. The van der Waals surface area contributed by atoms with Crippen LogP contribution in [-0.4, -0.2) is 37.4 Å². The Bertz CT molecular complexity index is 1660. The van der Waals surface area contributed by atoms with Crippen LogP contribution < -0.4 is 9.80 Å². The summed E-state index contributed by atoms with van der Waals surface area (Å²) < 4.78 is 82.5. The predicted octanol–water partition coefficient (Wildman–Crippen LogP) is 7.50. The van der Waals surface area contributed by atoms with Gasteiger partial charge in [0, 0.05) is 12.6 Å². The summed E-state index contributed by atoms with van der Waals surface area (Å²) in [4.78, 5) is 16.8. The second-order valence-corrected chi connectivity index (χ2v) is 11.2. The summed E-state index contributed by atoms with van der Waals surface area (Å²) in [6.07, 6.45) is -10.2. The fourth-order valence-corrected chi connectivity index (χ4v) is 6.07. The van der Waals surface area contributed by atoms with Crippen LogP contribution in [0.1, 0.15) is 57.8 Å². The normalized spacial score (nSPS) is 17.1. The summed E-state index contributed by atoms with van der Waals surface area (Å²) in [5, 5.41) is 22.7. The van der Waals surface area contributed by atoms with Gasteiger partial charge in [-0.25, -0.2) is 4.79 Å². The van der Waals surface area contributed by atoms with E-state index in [1.807, 2.05) is 43.3 Å². The highest BCUT2D eigenvalue weighted by atomic mass is 19.4. The fraction of sp³-hybridized carbons (Fsp3) is 0.355. The maximum Gasteiger partial charge on any atom is 0.416 e. The average Bonchev–Trinajstić information content (AvgIpc) is 3.31. The SMILES string of the molecule is Cc1cc(C)c2c(c1)C(N(Cc1cc(C(F)(F)F)cc(C(F)(F)F)c1)c1nnn(C)n1)CCC(Cc1ccccc1)N2C(=O)O. The van der Waals surface area contributed by atoms with Crippen LogP contribution in [0.5, 0.6) is 0 Å². The van der Waals surface area contributed by atoms with Gasteiger partial charge >= 0.3 is 18.4 Å². The molecule has 45 heavy (non-hydrogen) atoms. The van der Waals surface area contributed by atoms with Crippen LogP contribution in [0.25, 0.3) is 0 Å². The third kappa shape index (κ3) is 6.89. The topological polar surface area (TPSA) is 87.4 Å². The van der Waals surface area contributed by atoms with E-state index in [1.54, 1.807) is 13.0 Å². The van der Waals surface area contributed by atoms with E-state index in [2.05, 4.69) is 15.4 Å². The summed E-state index contributed by atoms with van der Waals surface area (Å²) in [5.41, 5.74) is 0.174. The Morgan fingerprint density at radius 3 is 2.13 bits per heavy atom. The zero-order valence-corrected chi connectivity index (χ0v) is 24.6. The third-order valence-electron chi connectivity index (χ3n) is 7.86. The van der Waals surface area contributed by atoms with E-state index < -0.39 is 48.2 Å². The number of halogens is 6. The number of carboxylic acid groups (broad SMARTS) is 1. The highest BCUT2D eigenvalue weighted by Crippen LogP contribution is 2.44. The number of hydrogen-bond acceptors (Lipinski definition) is 5. The van der Waals surface area contributed by atoms with Crippen molar-refractivity contribution in [1.82, 2.24) is 20.2 Å². The lowest BCUT2D eigenvalue weighted by Gasteiger charge is -2.33. The number of hydrogen-bond donors (Lipinski definition) is 1. The van der Waals surface area contributed by atoms with Crippen LogP contribution in [0.2, 0.25) is 0 Å².